The molecule has 0 fully saturated rings. The van der Waals surface area contributed by atoms with Crippen LogP contribution < -0.4 is 4.74 Å². The fourth-order valence-corrected chi connectivity index (χ4v) is 2.63. The van der Waals surface area contributed by atoms with E-state index in [1.165, 1.54) is 0 Å². The molecule has 3 aromatic rings. The molecular formula is C18H17ClN4OS. The lowest BCUT2D eigenvalue weighted by Crippen LogP contribution is -2.05. The summed E-state index contributed by atoms with van der Waals surface area (Å²) in [5.74, 6) is 1.37. The van der Waals surface area contributed by atoms with E-state index in [0.717, 1.165) is 16.9 Å². The zero-order valence-corrected chi connectivity index (χ0v) is 15.4. The molecular weight excluding hydrogens is 356 g/mol. The first-order chi connectivity index (χ1) is 12.0. The first-order valence-corrected chi connectivity index (χ1v) is 8.56. The molecule has 1 heterocycles. The number of hydrogen-bond acceptors (Lipinski definition) is 4. The third-order valence-corrected chi connectivity index (χ3v) is 3.94. The van der Waals surface area contributed by atoms with Gasteiger partial charge < -0.3 is 4.74 Å². The van der Waals surface area contributed by atoms with Crippen LogP contribution in [0.1, 0.15) is 19.4 Å². The molecule has 0 aliphatic carbocycles. The number of halogens is 1. The summed E-state index contributed by atoms with van der Waals surface area (Å²) in [6, 6.07) is 15.1. The number of ether oxygens (including phenoxy) is 1. The third-order valence-electron chi connectivity index (χ3n) is 3.33. The maximum Gasteiger partial charge on any atom is 0.216 e. The van der Waals surface area contributed by atoms with E-state index in [1.807, 2.05) is 62.4 Å². The van der Waals surface area contributed by atoms with E-state index < -0.39 is 0 Å². The van der Waals surface area contributed by atoms with E-state index in [1.54, 1.807) is 10.9 Å². The second-order valence-electron chi connectivity index (χ2n) is 5.62. The molecule has 128 valence electrons. The van der Waals surface area contributed by atoms with Crippen LogP contribution in [-0.4, -0.2) is 27.2 Å². The lowest BCUT2D eigenvalue weighted by molar-refractivity contribution is 0.242. The molecule has 1 N–H and O–H groups in total. The summed E-state index contributed by atoms with van der Waals surface area (Å²) in [5.41, 5.74) is 1.65. The molecule has 0 radical (unpaired) electrons. The van der Waals surface area contributed by atoms with Crippen LogP contribution >= 0.6 is 23.8 Å². The van der Waals surface area contributed by atoms with Crippen molar-refractivity contribution in [3.8, 4) is 17.1 Å². The summed E-state index contributed by atoms with van der Waals surface area (Å²) >= 11 is 11.5. The van der Waals surface area contributed by atoms with Gasteiger partial charge >= 0.3 is 0 Å². The van der Waals surface area contributed by atoms with Crippen molar-refractivity contribution < 1.29 is 4.74 Å². The maximum absolute atomic E-state index is 6.16. The van der Waals surface area contributed by atoms with Crippen LogP contribution in [0.25, 0.3) is 11.4 Å². The van der Waals surface area contributed by atoms with Gasteiger partial charge in [-0.15, -0.1) is 0 Å². The number of aromatic nitrogens is 3. The summed E-state index contributed by atoms with van der Waals surface area (Å²) in [6.45, 7) is 3.97. The number of hydrogen-bond donors (Lipinski definition) is 1. The lowest BCUT2D eigenvalue weighted by Gasteiger charge is -2.10. The number of H-pyrrole nitrogens is 1. The van der Waals surface area contributed by atoms with Crippen molar-refractivity contribution in [3.05, 3.63) is 63.9 Å². The highest BCUT2D eigenvalue weighted by atomic mass is 35.5. The molecule has 2 aromatic carbocycles. The Labute approximate surface area is 155 Å². The van der Waals surface area contributed by atoms with Gasteiger partial charge in [0.2, 0.25) is 4.77 Å². The first kappa shape index (κ1) is 17.4. The van der Waals surface area contributed by atoms with Gasteiger partial charge in [-0.3, -0.25) is 0 Å². The topological polar surface area (TPSA) is 55.2 Å². The summed E-state index contributed by atoms with van der Waals surface area (Å²) in [6.07, 6.45) is 1.75. The predicted molar refractivity (Wildman–Crippen MR) is 103 cm³/mol. The molecule has 0 amide bonds. The van der Waals surface area contributed by atoms with Crippen molar-refractivity contribution >= 4 is 30.0 Å². The van der Waals surface area contributed by atoms with Gasteiger partial charge in [-0.25, -0.2) is 5.10 Å². The van der Waals surface area contributed by atoms with Crippen LogP contribution in [0.2, 0.25) is 5.02 Å². The highest BCUT2D eigenvalue weighted by Crippen LogP contribution is 2.23. The molecule has 3 rings (SSSR count). The molecule has 0 aliphatic heterocycles. The van der Waals surface area contributed by atoms with Gasteiger partial charge in [0, 0.05) is 16.1 Å². The van der Waals surface area contributed by atoms with E-state index in [4.69, 9.17) is 28.6 Å². The maximum atomic E-state index is 6.16. The molecule has 0 saturated carbocycles. The smallest absolute Gasteiger partial charge is 0.216 e. The van der Waals surface area contributed by atoms with Gasteiger partial charge in [-0.1, -0.05) is 41.9 Å². The van der Waals surface area contributed by atoms with Crippen LogP contribution in [0.15, 0.2) is 53.6 Å². The van der Waals surface area contributed by atoms with Crippen LogP contribution in [0.4, 0.5) is 0 Å². The minimum absolute atomic E-state index is 0.0920. The van der Waals surface area contributed by atoms with E-state index >= 15 is 0 Å². The van der Waals surface area contributed by atoms with Gasteiger partial charge in [0.05, 0.1) is 12.3 Å². The van der Waals surface area contributed by atoms with Crippen LogP contribution in [-0.2, 0) is 0 Å². The molecule has 0 saturated heterocycles. The standard InChI is InChI=1S/C18H17ClN4OS/c1-12(2)24-15-8-5-7-13(10-15)17-21-22-18(25)23(17)20-11-14-6-3-4-9-16(14)19/h3-12H,1-2H3,(H,22,25)/b20-11-. The molecule has 7 heteroatoms. The molecule has 5 nitrogen and oxygen atoms in total. The van der Waals surface area contributed by atoms with Gasteiger partial charge in [0.25, 0.3) is 0 Å². The highest BCUT2D eigenvalue weighted by molar-refractivity contribution is 7.71. The first-order valence-electron chi connectivity index (χ1n) is 7.78. The number of benzene rings is 2. The molecule has 0 bridgehead atoms. The van der Waals surface area contributed by atoms with Crippen molar-refractivity contribution in [3.63, 3.8) is 0 Å². The van der Waals surface area contributed by atoms with Crippen molar-refractivity contribution in [2.45, 2.75) is 20.0 Å². The fourth-order valence-electron chi connectivity index (χ4n) is 2.27. The minimum atomic E-state index is 0.0920. The average Bonchev–Trinajstić information content (AvgIpc) is 2.95. The SMILES string of the molecule is CC(C)Oc1cccc(-c2n[nH]c(=S)n2/N=C\c2ccccc2Cl)c1. The van der Waals surface area contributed by atoms with Crippen molar-refractivity contribution in [1.82, 2.24) is 14.9 Å². The van der Waals surface area contributed by atoms with Gasteiger partial charge in [-0.2, -0.15) is 14.9 Å². The zero-order chi connectivity index (χ0) is 17.8. The Bertz CT molecular complexity index is 961. The molecule has 25 heavy (non-hydrogen) atoms. The van der Waals surface area contributed by atoms with Crippen molar-refractivity contribution in [1.29, 1.82) is 0 Å². The Morgan fingerprint density at radius 1 is 1.24 bits per heavy atom. The molecule has 0 atom stereocenters. The largest absolute Gasteiger partial charge is 0.491 e. The second-order valence-corrected chi connectivity index (χ2v) is 6.42. The number of aromatic amines is 1. The summed E-state index contributed by atoms with van der Waals surface area (Å²) in [5, 5.41) is 12.1. The summed E-state index contributed by atoms with van der Waals surface area (Å²) < 4.78 is 7.70. The van der Waals surface area contributed by atoms with Crippen molar-refractivity contribution in [2.24, 2.45) is 5.10 Å². The quantitative estimate of drug-likeness (QED) is 0.510. The minimum Gasteiger partial charge on any atom is -0.491 e. The molecule has 1 aromatic heterocycles. The van der Waals surface area contributed by atoms with E-state index in [2.05, 4.69) is 15.3 Å². The Morgan fingerprint density at radius 2 is 2.04 bits per heavy atom. The monoisotopic (exact) mass is 372 g/mol. The predicted octanol–water partition coefficient (Wildman–Crippen LogP) is 4.93. The summed E-state index contributed by atoms with van der Waals surface area (Å²) in [7, 11) is 0. The highest BCUT2D eigenvalue weighted by Gasteiger charge is 2.10. The molecule has 0 spiro atoms. The Hall–Kier alpha value is -2.44. The normalized spacial score (nSPS) is 11.4. The molecule has 0 unspecified atom stereocenters. The third kappa shape index (κ3) is 4.15. The van der Waals surface area contributed by atoms with Crippen molar-refractivity contribution in [2.75, 3.05) is 0 Å². The Balaban J connectivity index is 1.98. The van der Waals surface area contributed by atoms with Gasteiger partial charge in [-0.05, 0) is 44.3 Å². The van der Waals surface area contributed by atoms with Crippen LogP contribution in [0, 0.1) is 4.77 Å². The number of nitrogens with one attached hydrogen (secondary N) is 1. The van der Waals surface area contributed by atoms with Gasteiger partial charge in [0.15, 0.2) is 5.82 Å². The van der Waals surface area contributed by atoms with E-state index in [9.17, 15) is 0 Å². The van der Waals surface area contributed by atoms with E-state index in [-0.39, 0.29) is 6.10 Å². The molecule has 0 aliphatic rings. The van der Waals surface area contributed by atoms with Crippen LogP contribution in [0.5, 0.6) is 5.75 Å². The lowest BCUT2D eigenvalue weighted by atomic mass is 10.2. The summed E-state index contributed by atoms with van der Waals surface area (Å²) in [4.78, 5) is 0. The van der Waals surface area contributed by atoms with Gasteiger partial charge in [0.1, 0.15) is 5.75 Å². The number of nitrogens with zero attached hydrogens (tertiary/aromatic N) is 3. The zero-order valence-electron chi connectivity index (χ0n) is 13.8. The van der Waals surface area contributed by atoms with E-state index in [0.29, 0.717) is 15.6 Å². The Kier molecular flexibility index (Phi) is 5.31. The second kappa shape index (κ2) is 7.63. The Morgan fingerprint density at radius 3 is 2.80 bits per heavy atom. The number of rotatable bonds is 5. The average molecular weight is 373 g/mol. The fraction of sp³-hybridized carbons (Fsp3) is 0.167. The van der Waals surface area contributed by atoms with Crippen LogP contribution in [0.3, 0.4) is 0 Å².